The highest BCUT2D eigenvalue weighted by molar-refractivity contribution is 5.89. The van der Waals surface area contributed by atoms with Gasteiger partial charge < -0.3 is 9.80 Å². The van der Waals surface area contributed by atoms with Crippen LogP contribution in [0.5, 0.6) is 0 Å². The Morgan fingerprint density at radius 2 is 0.638 bits per heavy atom. The van der Waals surface area contributed by atoms with Crippen LogP contribution in [0.15, 0.2) is 133 Å². The Balaban J connectivity index is 1.21. The summed E-state index contributed by atoms with van der Waals surface area (Å²) in [5.74, 6) is 0. The number of para-hydroxylation sites is 2. The number of fused-ring (bicyclic) bond motifs is 5. The van der Waals surface area contributed by atoms with Crippen LogP contribution in [0.25, 0.3) is 11.1 Å². The van der Waals surface area contributed by atoms with Crippen LogP contribution in [0.1, 0.15) is 205 Å². The van der Waals surface area contributed by atoms with Gasteiger partial charge in [-0.2, -0.15) is 0 Å². The molecule has 0 heterocycles. The molecule has 2 nitrogen and oxygen atoms in total. The first-order chi connectivity index (χ1) is 33.1. The van der Waals surface area contributed by atoms with Crippen molar-refractivity contribution in [1.29, 1.82) is 0 Å². The first-order valence-corrected chi connectivity index (χ1v) is 27.4. The third kappa shape index (κ3) is 9.48. The van der Waals surface area contributed by atoms with Crippen molar-refractivity contribution in [2.45, 2.75) is 199 Å². The molecule has 0 radical (unpaired) electrons. The first kappa shape index (κ1) is 48.9. The molecule has 0 amide bonds. The highest BCUT2D eigenvalue weighted by atomic mass is 15.1. The summed E-state index contributed by atoms with van der Waals surface area (Å²) in [6.07, 6.45) is 20.3. The molecule has 0 aliphatic heterocycles. The van der Waals surface area contributed by atoms with E-state index in [0.29, 0.717) is 0 Å². The average molecular weight is 917 g/mol. The minimum atomic E-state index is -0.106. The van der Waals surface area contributed by atoms with Gasteiger partial charge in [-0.1, -0.05) is 207 Å². The summed E-state index contributed by atoms with van der Waals surface area (Å²) in [4.78, 5) is 5.12. The number of hydrogen-bond acceptors (Lipinski definition) is 2. The molecular formula is C67H84N2. The van der Waals surface area contributed by atoms with E-state index in [1.807, 2.05) is 0 Å². The molecular weight excluding hydrogens is 833 g/mol. The highest BCUT2D eigenvalue weighted by Crippen LogP contribution is 2.58. The van der Waals surface area contributed by atoms with Gasteiger partial charge in [0, 0.05) is 39.5 Å². The Morgan fingerprint density at radius 1 is 0.319 bits per heavy atom. The van der Waals surface area contributed by atoms with Gasteiger partial charge in [0.2, 0.25) is 0 Å². The van der Waals surface area contributed by atoms with E-state index in [9.17, 15) is 0 Å². The van der Waals surface area contributed by atoms with E-state index in [4.69, 9.17) is 0 Å². The van der Waals surface area contributed by atoms with Crippen LogP contribution in [0.3, 0.4) is 0 Å². The molecule has 3 aliphatic rings. The summed E-state index contributed by atoms with van der Waals surface area (Å²) >= 11 is 0. The molecule has 362 valence electrons. The zero-order valence-electron chi connectivity index (χ0n) is 44.4. The maximum Gasteiger partial charge on any atom is 0.0465 e. The van der Waals surface area contributed by atoms with Gasteiger partial charge in [-0.15, -0.1) is 0 Å². The lowest BCUT2D eigenvalue weighted by Crippen LogP contribution is -2.26. The second-order valence-electron chi connectivity index (χ2n) is 24.3. The van der Waals surface area contributed by atoms with Crippen LogP contribution in [0.4, 0.5) is 34.1 Å². The first-order valence-electron chi connectivity index (χ1n) is 27.4. The second kappa shape index (κ2) is 19.6. The molecule has 0 saturated carbocycles. The number of unbranched alkanes of at least 4 members (excludes halogenated alkanes) is 10. The van der Waals surface area contributed by atoms with Gasteiger partial charge in [-0.05, 0) is 165 Å². The molecule has 3 aliphatic carbocycles. The van der Waals surface area contributed by atoms with E-state index in [1.165, 1.54) is 169 Å². The number of nitrogens with zero attached hydrogens (tertiary/aromatic N) is 2. The smallest absolute Gasteiger partial charge is 0.0465 e. The maximum absolute atomic E-state index is 2.65. The van der Waals surface area contributed by atoms with Crippen LogP contribution in [0, 0.1) is 0 Å². The van der Waals surface area contributed by atoms with Gasteiger partial charge >= 0.3 is 0 Å². The van der Waals surface area contributed by atoms with Crippen molar-refractivity contribution in [3.8, 4) is 11.1 Å². The minimum Gasteiger partial charge on any atom is -0.310 e. The predicted molar refractivity (Wildman–Crippen MR) is 299 cm³/mol. The Kier molecular flexibility index (Phi) is 13.9. The number of anilines is 6. The number of hydrogen-bond donors (Lipinski definition) is 0. The van der Waals surface area contributed by atoms with E-state index in [0.717, 1.165) is 12.8 Å². The van der Waals surface area contributed by atoms with E-state index in [2.05, 4.69) is 212 Å². The van der Waals surface area contributed by atoms with Gasteiger partial charge in [0.15, 0.2) is 0 Å². The molecule has 6 aromatic rings. The largest absolute Gasteiger partial charge is 0.310 e. The van der Waals surface area contributed by atoms with Gasteiger partial charge in [0.25, 0.3) is 0 Å². The van der Waals surface area contributed by atoms with Crippen LogP contribution in [-0.2, 0) is 27.1 Å². The normalized spacial score (nSPS) is 17.2. The Bertz CT molecular complexity index is 2530. The molecule has 9 rings (SSSR count). The number of rotatable bonds is 20. The Hall–Kier alpha value is -5.08. The van der Waals surface area contributed by atoms with Crippen LogP contribution >= 0.6 is 0 Å². The van der Waals surface area contributed by atoms with Crippen molar-refractivity contribution in [3.05, 3.63) is 167 Å². The second-order valence-corrected chi connectivity index (χ2v) is 24.3. The standard InChI is InChI=1S/C67H84N2/c1-11-13-15-17-19-27-41-67(42-28-20-18-16-14-12-2)59-43-51(68(49-29-23-21-24-30-49)53-35-39-57-61(45-53)65(7,8)47-63(57,3)4)33-37-55(59)56-38-34-52(44-60(56)67)69(50-31-25-22-26-32-50)54-36-40-58-62(46-54)66(9,10)48-64(58,5)6/h21-26,29-40,43-46H,11-20,27-28,41-42,47-48H2,1-10H3. The Morgan fingerprint density at radius 3 is 1.01 bits per heavy atom. The van der Waals surface area contributed by atoms with Crippen LogP contribution in [0.2, 0.25) is 0 Å². The fourth-order valence-electron chi connectivity index (χ4n) is 14.1. The Labute approximate surface area is 419 Å². The zero-order chi connectivity index (χ0) is 48.6. The van der Waals surface area contributed by atoms with Crippen LogP contribution in [-0.4, -0.2) is 0 Å². The summed E-state index contributed by atoms with van der Waals surface area (Å²) < 4.78 is 0. The third-order valence-corrected chi connectivity index (χ3v) is 17.0. The molecule has 0 unspecified atom stereocenters. The lowest BCUT2D eigenvalue weighted by atomic mass is 9.70. The van der Waals surface area contributed by atoms with Crippen LogP contribution < -0.4 is 9.80 Å². The topological polar surface area (TPSA) is 6.48 Å². The minimum absolute atomic E-state index is 0.106. The van der Waals surface area contributed by atoms with Gasteiger partial charge in [-0.3, -0.25) is 0 Å². The zero-order valence-corrected chi connectivity index (χ0v) is 44.4. The molecule has 0 saturated heterocycles. The molecule has 0 N–H and O–H groups in total. The highest BCUT2D eigenvalue weighted by Gasteiger charge is 2.45. The molecule has 0 bridgehead atoms. The summed E-state index contributed by atoms with van der Waals surface area (Å²) in [6.45, 7) is 24.2. The van der Waals surface area contributed by atoms with Crippen molar-refractivity contribution >= 4 is 34.1 Å². The molecule has 2 heteroatoms. The fraction of sp³-hybridized carbons (Fsp3) is 0.463. The van der Waals surface area contributed by atoms with Gasteiger partial charge in [-0.25, -0.2) is 0 Å². The van der Waals surface area contributed by atoms with E-state index in [1.54, 1.807) is 0 Å². The number of benzene rings is 6. The maximum atomic E-state index is 2.65. The lowest BCUT2D eigenvalue weighted by molar-refractivity contribution is 0.398. The predicted octanol–water partition coefficient (Wildman–Crippen LogP) is 20.3. The average Bonchev–Trinajstić information content (AvgIpc) is 3.78. The lowest BCUT2D eigenvalue weighted by Gasteiger charge is -2.35. The fourth-order valence-corrected chi connectivity index (χ4v) is 14.1. The van der Waals surface area contributed by atoms with Crippen molar-refractivity contribution in [2.75, 3.05) is 9.80 Å². The molecule has 0 spiro atoms. The summed E-state index contributed by atoms with van der Waals surface area (Å²) in [7, 11) is 0. The van der Waals surface area contributed by atoms with Crippen molar-refractivity contribution in [3.63, 3.8) is 0 Å². The van der Waals surface area contributed by atoms with E-state index >= 15 is 0 Å². The monoisotopic (exact) mass is 917 g/mol. The van der Waals surface area contributed by atoms with E-state index < -0.39 is 0 Å². The quantitative estimate of drug-likeness (QED) is 0.0704. The molecule has 69 heavy (non-hydrogen) atoms. The SMILES string of the molecule is CCCCCCCCC1(CCCCCCCC)c2cc(N(c3ccccc3)c3ccc4c(c3)C(C)(C)CC4(C)C)ccc2-c2ccc(N(c3ccccc3)c3ccc4c(c3)C(C)(C)CC4(C)C)cc21. The molecule has 0 fully saturated rings. The summed E-state index contributed by atoms with van der Waals surface area (Å²) in [5.41, 5.74) is 19.8. The summed E-state index contributed by atoms with van der Waals surface area (Å²) in [5, 5.41) is 0. The molecule has 6 aromatic carbocycles. The van der Waals surface area contributed by atoms with E-state index in [-0.39, 0.29) is 27.1 Å². The summed E-state index contributed by atoms with van der Waals surface area (Å²) in [6, 6.07) is 52.3. The van der Waals surface area contributed by atoms with Crippen molar-refractivity contribution < 1.29 is 0 Å². The molecule has 0 aromatic heterocycles. The third-order valence-electron chi connectivity index (χ3n) is 17.0. The van der Waals surface area contributed by atoms with Gasteiger partial charge in [0.1, 0.15) is 0 Å². The van der Waals surface area contributed by atoms with Gasteiger partial charge in [0.05, 0.1) is 0 Å². The van der Waals surface area contributed by atoms with Crippen molar-refractivity contribution in [1.82, 2.24) is 0 Å². The van der Waals surface area contributed by atoms with Crippen molar-refractivity contribution in [2.24, 2.45) is 0 Å². The molecule has 0 atom stereocenters.